The molecule has 0 aliphatic heterocycles. The van der Waals surface area contributed by atoms with E-state index in [0.29, 0.717) is 0 Å². The van der Waals surface area contributed by atoms with E-state index in [-0.39, 0.29) is 24.0 Å². The van der Waals surface area contributed by atoms with Crippen LogP contribution in [0.2, 0.25) is 0 Å². The maximum atomic E-state index is 5.63. The molecule has 1 rings (SSSR count). The largest absolute Gasteiger partial charge is 0.381 e. The maximum Gasteiger partial charge on any atom is 0.191 e. The highest BCUT2D eigenvalue weighted by Crippen LogP contribution is 1.99. The van der Waals surface area contributed by atoms with Crippen molar-refractivity contribution in [2.75, 3.05) is 32.8 Å². The Labute approximate surface area is 151 Å². The Morgan fingerprint density at radius 3 is 2.68 bits per heavy atom. The molecule has 0 amide bonds. The molecule has 0 radical (unpaired) electrons. The second-order valence-corrected chi connectivity index (χ2v) is 4.63. The summed E-state index contributed by atoms with van der Waals surface area (Å²) in [6.07, 6.45) is 3.71. The lowest BCUT2D eigenvalue weighted by molar-refractivity contribution is 0.136. The summed E-state index contributed by atoms with van der Waals surface area (Å²) in [7, 11) is 0. The Bertz CT molecular complexity index is 410. The van der Waals surface area contributed by atoms with Crippen LogP contribution in [0.4, 0.5) is 0 Å². The average Bonchev–Trinajstić information content (AvgIpc) is 2.52. The van der Waals surface area contributed by atoms with Crippen LogP contribution < -0.4 is 10.6 Å². The number of guanidine groups is 1. The minimum atomic E-state index is 0. The number of ether oxygens (including phenoxy) is 1. The smallest absolute Gasteiger partial charge is 0.191 e. The quantitative estimate of drug-likeness (QED) is 0.202. The van der Waals surface area contributed by atoms with E-state index in [1.54, 1.807) is 0 Å². The van der Waals surface area contributed by atoms with Gasteiger partial charge in [-0.15, -0.1) is 30.6 Å². The van der Waals surface area contributed by atoms with Crippen molar-refractivity contribution in [3.05, 3.63) is 48.6 Å². The van der Waals surface area contributed by atoms with Gasteiger partial charge in [0, 0.05) is 26.2 Å². The molecule has 0 saturated heterocycles. The monoisotopic (exact) mass is 417 g/mol. The number of nitrogens with zero attached hydrogens (tertiary/aromatic N) is 1. The molecule has 0 aromatic heterocycles. The fourth-order valence-corrected chi connectivity index (χ4v) is 1.80. The molecule has 0 bridgehead atoms. The Kier molecular flexibility index (Phi) is 14.1. The van der Waals surface area contributed by atoms with Crippen LogP contribution in [-0.2, 0) is 11.2 Å². The molecule has 124 valence electrons. The third-order valence-electron chi connectivity index (χ3n) is 2.85. The molecule has 1 aromatic carbocycles. The van der Waals surface area contributed by atoms with Crippen LogP contribution in [0.15, 0.2) is 48.0 Å². The predicted molar refractivity (Wildman–Crippen MR) is 105 cm³/mol. The van der Waals surface area contributed by atoms with E-state index in [2.05, 4.69) is 53.4 Å². The average molecular weight is 417 g/mol. The number of nitrogens with one attached hydrogen (secondary N) is 2. The van der Waals surface area contributed by atoms with E-state index < -0.39 is 0 Å². The van der Waals surface area contributed by atoms with Crippen LogP contribution in [0.5, 0.6) is 0 Å². The summed E-state index contributed by atoms with van der Waals surface area (Å²) in [6, 6.07) is 10.4. The number of hydrogen-bond donors (Lipinski definition) is 2. The molecule has 0 unspecified atom stereocenters. The van der Waals surface area contributed by atoms with E-state index in [1.165, 1.54) is 5.56 Å². The standard InChI is InChI=1S/C17H27N3O.HI/c1-3-12-19-17(18-4-2)20-13-8-14-21-15-11-16-9-6-5-7-10-16;/h3,5-7,9-10H,1,4,8,11-15H2,2H3,(H2,18,19,20);1H. The third kappa shape index (κ3) is 10.6. The van der Waals surface area contributed by atoms with E-state index in [1.807, 2.05) is 12.1 Å². The maximum absolute atomic E-state index is 5.63. The molecule has 0 atom stereocenters. The molecule has 0 spiro atoms. The summed E-state index contributed by atoms with van der Waals surface area (Å²) >= 11 is 0. The normalized spacial score (nSPS) is 10.7. The minimum absolute atomic E-state index is 0. The Balaban J connectivity index is 0.00000441. The zero-order valence-corrected chi connectivity index (χ0v) is 15.7. The van der Waals surface area contributed by atoms with Gasteiger partial charge in [0.25, 0.3) is 0 Å². The molecular formula is C17H28IN3O. The lowest BCUT2D eigenvalue weighted by atomic mass is 10.2. The summed E-state index contributed by atoms with van der Waals surface area (Å²) in [5.74, 6) is 0.835. The van der Waals surface area contributed by atoms with Crippen LogP contribution in [0.25, 0.3) is 0 Å². The van der Waals surface area contributed by atoms with Gasteiger partial charge in [0.15, 0.2) is 5.96 Å². The molecule has 1 aromatic rings. The van der Waals surface area contributed by atoms with Gasteiger partial charge in [-0.05, 0) is 25.3 Å². The molecule has 2 N–H and O–H groups in total. The first-order valence-electron chi connectivity index (χ1n) is 7.61. The van der Waals surface area contributed by atoms with Gasteiger partial charge < -0.3 is 15.4 Å². The number of hydrogen-bond acceptors (Lipinski definition) is 2. The SMILES string of the molecule is C=CCNC(=NCCCOCCc1ccccc1)NCC.I. The Hall–Kier alpha value is -1.08. The van der Waals surface area contributed by atoms with Crippen LogP contribution in [0, 0.1) is 0 Å². The van der Waals surface area contributed by atoms with E-state index in [4.69, 9.17) is 4.74 Å². The summed E-state index contributed by atoms with van der Waals surface area (Å²) in [6.45, 7) is 9.59. The van der Waals surface area contributed by atoms with E-state index in [0.717, 1.165) is 51.6 Å². The molecule has 22 heavy (non-hydrogen) atoms. The molecule has 0 aliphatic rings. The highest BCUT2D eigenvalue weighted by molar-refractivity contribution is 14.0. The van der Waals surface area contributed by atoms with Crippen molar-refractivity contribution in [1.29, 1.82) is 0 Å². The van der Waals surface area contributed by atoms with Gasteiger partial charge in [-0.1, -0.05) is 36.4 Å². The first kappa shape index (κ1) is 20.9. The number of aliphatic imine (C=N–C) groups is 1. The van der Waals surface area contributed by atoms with Gasteiger partial charge in [0.2, 0.25) is 0 Å². The molecular weight excluding hydrogens is 389 g/mol. The third-order valence-corrected chi connectivity index (χ3v) is 2.85. The summed E-state index contributed by atoms with van der Waals surface area (Å²) in [5.41, 5.74) is 1.32. The first-order chi connectivity index (χ1) is 10.4. The van der Waals surface area contributed by atoms with Crippen molar-refractivity contribution < 1.29 is 4.74 Å². The minimum Gasteiger partial charge on any atom is -0.381 e. The molecule has 0 saturated carbocycles. The van der Waals surface area contributed by atoms with Gasteiger partial charge >= 0.3 is 0 Å². The summed E-state index contributed by atoms with van der Waals surface area (Å²) in [4.78, 5) is 4.47. The zero-order valence-electron chi connectivity index (χ0n) is 13.4. The zero-order chi connectivity index (χ0) is 15.2. The Morgan fingerprint density at radius 2 is 2.00 bits per heavy atom. The highest BCUT2D eigenvalue weighted by Gasteiger charge is 1.95. The van der Waals surface area contributed by atoms with Gasteiger partial charge in [-0.2, -0.15) is 0 Å². The number of rotatable bonds is 10. The molecule has 0 heterocycles. The van der Waals surface area contributed by atoms with Gasteiger partial charge in [-0.25, -0.2) is 0 Å². The van der Waals surface area contributed by atoms with Crippen LogP contribution in [-0.4, -0.2) is 38.8 Å². The molecule has 5 heteroatoms. The van der Waals surface area contributed by atoms with Gasteiger partial charge in [0.1, 0.15) is 0 Å². The Morgan fingerprint density at radius 1 is 1.23 bits per heavy atom. The van der Waals surface area contributed by atoms with Crippen molar-refractivity contribution in [3.8, 4) is 0 Å². The second-order valence-electron chi connectivity index (χ2n) is 4.63. The predicted octanol–water partition coefficient (Wildman–Crippen LogP) is 2.99. The fourth-order valence-electron chi connectivity index (χ4n) is 1.80. The highest BCUT2D eigenvalue weighted by atomic mass is 127. The van der Waals surface area contributed by atoms with Crippen molar-refractivity contribution in [2.24, 2.45) is 4.99 Å². The van der Waals surface area contributed by atoms with Gasteiger partial charge in [0.05, 0.1) is 6.61 Å². The fraction of sp³-hybridized carbons (Fsp3) is 0.471. The molecule has 0 aliphatic carbocycles. The molecule has 0 fully saturated rings. The number of benzene rings is 1. The van der Waals surface area contributed by atoms with Crippen molar-refractivity contribution >= 4 is 29.9 Å². The van der Waals surface area contributed by atoms with Crippen molar-refractivity contribution in [2.45, 2.75) is 19.8 Å². The lowest BCUT2D eigenvalue weighted by Gasteiger charge is -2.09. The summed E-state index contributed by atoms with van der Waals surface area (Å²) < 4.78 is 5.63. The summed E-state index contributed by atoms with van der Waals surface area (Å²) in [5, 5.41) is 6.37. The number of halogens is 1. The van der Waals surface area contributed by atoms with Crippen LogP contribution in [0.1, 0.15) is 18.9 Å². The van der Waals surface area contributed by atoms with Crippen molar-refractivity contribution in [3.63, 3.8) is 0 Å². The lowest BCUT2D eigenvalue weighted by Crippen LogP contribution is -2.37. The van der Waals surface area contributed by atoms with Crippen molar-refractivity contribution in [1.82, 2.24) is 10.6 Å². The van der Waals surface area contributed by atoms with Crippen LogP contribution in [0.3, 0.4) is 0 Å². The van der Waals surface area contributed by atoms with Crippen LogP contribution >= 0.6 is 24.0 Å². The molecule has 4 nitrogen and oxygen atoms in total. The van der Waals surface area contributed by atoms with Gasteiger partial charge in [-0.3, -0.25) is 4.99 Å². The second kappa shape index (κ2) is 14.8. The van der Waals surface area contributed by atoms with E-state index in [9.17, 15) is 0 Å². The first-order valence-corrected chi connectivity index (χ1v) is 7.61. The van der Waals surface area contributed by atoms with E-state index >= 15 is 0 Å². The topological polar surface area (TPSA) is 45.7 Å².